The number of carbonyl (C=O) groups is 2. The van der Waals surface area contributed by atoms with E-state index in [1.165, 1.54) is 12.2 Å². The maximum atomic E-state index is 11.9. The SMILES string of the molecule is O=C(O)[C@H]1C=C[C@](CCCCCl)(C(=O)O)c2ccccc21. The molecule has 0 unspecified atom stereocenters. The molecule has 2 atom stereocenters. The van der Waals surface area contributed by atoms with Crippen LogP contribution in [0.2, 0.25) is 0 Å². The van der Waals surface area contributed by atoms with E-state index in [1.54, 1.807) is 24.3 Å². The Labute approximate surface area is 128 Å². The van der Waals surface area contributed by atoms with E-state index in [9.17, 15) is 19.8 Å². The van der Waals surface area contributed by atoms with Crippen LogP contribution in [-0.2, 0) is 15.0 Å². The first-order chi connectivity index (χ1) is 10.0. The summed E-state index contributed by atoms with van der Waals surface area (Å²) in [6.07, 6.45) is 4.83. The van der Waals surface area contributed by atoms with Gasteiger partial charge in [0.1, 0.15) is 11.3 Å². The first kappa shape index (κ1) is 15.6. The number of hydrogen-bond acceptors (Lipinski definition) is 2. The predicted octanol–water partition coefficient (Wildman–Crippen LogP) is 3.16. The van der Waals surface area contributed by atoms with Crippen molar-refractivity contribution in [1.29, 1.82) is 0 Å². The average Bonchev–Trinajstić information content (AvgIpc) is 2.47. The molecule has 0 bridgehead atoms. The summed E-state index contributed by atoms with van der Waals surface area (Å²) in [6, 6.07) is 6.88. The zero-order chi connectivity index (χ0) is 15.5. The van der Waals surface area contributed by atoms with Gasteiger partial charge in [-0.1, -0.05) is 42.8 Å². The molecule has 0 saturated heterocycles. The van der Waals surface area contributed by atoms with E-state index < -0.39 is 23.3 Å². The summed E-state index contributed by atoms with van der Waals surface area (Å²) in [7, 11) is 0. The van der Waals surface area contributed by atoms with Crippen molar-refractivity contribution in [3.8, 4) is 0 Å². The molecular formula is C16H17ClO4. The van der Waals surface area contributed by atoms with Crippen LogP contribution in [0.1, 0.15) is 36.3 Å². The highest BCUT2D eigenvalue weighted by Crippen LogP contribution is 2.41. The van der Waals surface area contributed by atoms with Gasteiger partial charge in [-0.3, -0.25) is 9.59 Å². The molecule has 0 spiro atoms. The highest BCUT2D eigenvalue weighted by molar-refractivity contribution is 6.17. The Morgan fingerprint density at radius 1 is 1.19 bits per heavy atom. The lowest BCUT2D eigenvalue weighted by Crippen LogP contribution is -2.38. The first-order valence-electron chi connectivity index (χ1n) is 6.84. The molecule has 2 N–H and O–H groups in total. The third-order valence-corrected chi connectivity index (χ3v) is 4.22. The number of aliphatic carboxylic acids is 2. The second-order valence-electron chi connectivity index (χ2n) is 5.18. The third kappa shape index (κ3) is 2.81. The van der Waals surface area contributed by atoms with E-state index in [0.717, 1.165) is 6.42 Å². The third-order valence-electron chi connectivity index (χ3n) is 3.95. The molecule has 0 saturated carbocycles. The molecule has 0 fully saturated rings. The lowest BCUT2D eigenvalue weighted by molar-refractivity contribution is -0.143. The quantitative estimate of drug-likeness (QED) is 0.481. The summed E-state index contributed by atoms with van der Waals surface area (Å²) in [4.78, 5) is 23.2. The zero-order valence-corrected chi connectivity index (χ0v) is 12.2. The van der Waals surface area contributed by atoms with Gasteiger partial charge in [0.15, 0.2) is 0 Å². The average molecular weight is 309 g/mol. The Bertz CT molecular complexity index is 581. The van der Waals surface area contributed by atoms with E-state index in [4.69, 9.17) is 11.6 Å². The fourth-order valence-electron chi connectivity index (χ4n) is 2.85. The van der Waals surface area contributed by atoms with E-state index in [1.807, 2.05) is 0 Å². The number of hydrogen-bond donors (Lipinski definition) is 2. The molecule has 0 amide bonds. The minimum atomic E-state index is -1.16. The summed E-state index contributed by atoms with van der Waals surface area (Å²) in [5.74, 6) is -2.23. The number of carboxylic acid groups (broad SMARTS) is 2. The normalized spacial score (nSPS) is 23.6. The molecular weight excluding hydrogens is 292 g/mol. The highest BCUT2D eigenvalue weighted by Gasteiger charge is 2.43. The van der Waals surface area contributed by atoms with Crippen molar-refractivity contribution in [1.82, 2.24) is 0 Å². The van der Waals surface area contributed by atoms with E-state index >= 15 is 0 Å². The molecule has 0 aliphatic heterocycles. The lowest BCUT2D eigenvalue weighted by atomic mass is 9.68. The van der Waals surface area contributed by atoms with Crippen molar-refractivity contribution in [3.05, 3.63) is 47.5 Å². The number of alkyl halides is 1. The lowest BCUT2D eigenvalue weighted by Gasteiger charge is -2.33. The van der Waals surface area contributed by atoms with Crippen LogP contribution >= 0.6 is 11.6 Å². The van der Waals surface area contributed by atoms with Crippen LogP contribution < -0.4 is 0 Å². The molecule has 1 aromatic carbocycles. The number of benzene rings is 1. The van der Waals surface area contributed by atoms with Gasteiger partial charge in [-0.25, -0.2) is 0 Å². The molecule has 2 rings (SSSR count). The van der Waals surface area contributed by atoms with Crippen LogP contribution in [-0.4, -0.2) is 28.0 Å². The number of carboxylic acids is 2. The summed E-state index contributed by atoms with van der Waals surface area (Å²) >= 11 is 5.67. The molecule has 0 aromatic heterocycles. The monoisotopic (exact) mass is 308 g/mol. The smallest absolute Gasteiger partial charge is 0.318 e. The van der Waals surface area contributed by atoms with Gasteiger partial charge in [0.2, 0.25) is 0 Å². The first-order valence-corrected chi connectivity index (χ1v) is 7.37. The minimum absolute atomic E-state index is 0.412. The predicted molar refractivity (Wildman–Crippen MR) is 79.8 cm³/mol. The molecule has 5 heteroatoms. The number of halogens is 1. The van der Waals surface area contributed by atoms with Crippen molar-refractivity contribution in [3.63, 3.8) is 0 Å². The van der Waals surface area contributed by atoms with Crippen LogP contribution in [0.4, 0.5) is 0 Å². The van der Waals surface area contributed by atoms with Gasteiger partial charge in [0.05, 0.1) is 0 Å². The second kappa shape index (κ2) is 6.31. The fourth-order valence-corrected chi connectivity index (χ4v) is 3.04. The number of rotatable bonds is 6. The van der Waals surface area contributed by atoms with Gasteiger partial charge >= 0.3 is 11.9 Å². The summed E-state index contributed by atoms with van der Waals surface area (Å²) in [6.45, 7) is 0. The van der Waals surface area contributed by atoms with Crippen LogP contribution in [0.3, 0.4) is 0 Å². The molecule has 21 heavy (non-hydrogen) atoms. The molecule has 1 aliphatic carbocycles. The van der Waals surface area contributed by atoms with Gasteiger partial charge in [-0.2, -0.15) is 0 Å². The molecule has 4 nitrogen and oxygen atoms in total. The van der Waals surface area contributed by atoms with Gasteiger partial charge < -0.3 is 10.2 Å². The number of fused-ring (bicyclic) bond motifs is 1. The summed E-state index contributed by atoms with van der Waals surface area (Å²) < 4.78 is 0. The Kier molecular flexibility index (Phi) is 4.68. The molecule has 0 heterocycles. The minimum Gasteiger partial charge on any atom is -0.481 e. The second-order valence-corrected chi connectivity index (χ2v) is 5.56. The largest absolute Gasteiger partial charge is 0.481 e. The summed E-state index contributed by atoms with van der Waals surface area (Å²) in [5.41, 5.74) is -0.0306. The van der Waals surface area contributed by atoms with E-state index in [-0.39, 0.29) is 0 Å². The van der Waals surface area contributed by atoms with Gasteiger partial charge in [-0.15, -0.1) is 11.6 Å². The van der Waals surface area contributed by atoms with Crippen molar-refractivity contribution >= 4 is 23.5 Å². The zero-order valence-electron chi connectivity index (χ0n) is 11.5. The van der Waals surface area contributed by atoms with Crippen molar-refractivity contribution in [2.75, 3.05) is 5.88 Å². The van der Waals surface area contributed by atoms with Crippen molar-refractivity contribution in [2.45, 2.75) is 30.6 Å². The topological polar surface area (TPSA) is 74.6 Å². The maximum Gasteiger partial charge on any atom is 0.318 e. The van der Waals surface area contributed by atoms with Crippen LogP contribution in [0.15, 0.2) is 36.4 Å². The fraction of sp³-hybridized carbons (Fsp3) is 0.375. The van der Waals surface area contributed by atoms with E-state index in [0.29, 0.717) is 29.8 Å². The molecule has 0 radical (unpaired) electrons. The highest BCUT2D eigenvalue weighted by atomic mass is 35.5. The van der Waals surface area contributed by atoms with Crippen LogP contribution in [0, 0.1) is 0 Å². The molecule has 1 aromatic rings. The van der Waals surface area contributed by atoms with E-state index in [2.05, 4.69) is 0 Å². The van der Waals surface area contributed by atoms with Gasteiger partial charge in [0.25, 0.3) is 0 Å². The molecule has 1 aliphatic rings. The standard InChI is InChI=1S/C16H17ClO4/c17-10-4-3-8-16(15(20)21)9-7-12(14(18)19)11-5-1-2-6-13(11)16/h1-2,5-7,9,12H,3-4,8,10H2,(H,18,19)(H,20,21)/t12-,16-/m0/s1. The Morgan fingerprint density at radius 2 is 1.90 bits per heavy atom. The maximum absolute atomic E-state index is 11.9. The van der Waals surface area contributed by atoms with Gasteiger partial charge in [-0.05, 0) is 24.0 Å². The Balaban J connectivity index is 2.49. The Hall–Kier alpha value is -1.81. The number of unbranched alkanes of at least 4 members (excludes halogenated alkanes) is 1. The van der Waals surface area contributed by atoms with Crippen LogP contribution in [0.25, 0.3) is 0 Å². The van der Waals surface area contributed by atoms with Gasteiger partial charge in [0, 0.05) is 5.88 Å². The summed E-state index contributed by atoms with van der Waals surface area (Å²) in [5, 5.41) is 19.0. The van der Waals surface area contributed by atoms with Crippen molar-refractivity contribution in [2.24, 2.45) is 0 Å². The Morgan fingerprint density at radius 3 is 2.52 bits per heavy atom. The van der Waals surface area contributed by atoms with Crippen molar-refractivity contribution < 1.29 is 19.8 Å². The van der Waals surface area contributed by atoms with Crippen LogP contribution in [0.5, 0.6) is 0 Å². The molecule has 112 valence electrons.